The van der Waals surface area contributed by atoms with E-state index in [-0.39, 0.29) is 11.8 Å². The van der Waals surface area contributed by atoms with Gasteiger partial charge in [0, 0.05) is 53.5 Å². The molecule has 5 rings (SSSR count). The Kier molecular flexibility index (Phi) is 6.37. The number of piperidine rings is 1. The number of hydrogen-bond donors (Lipinski definition) is 2. The summed E-state index contributed by atoms with van der Waals surface area (Å²) < 4.78 is 0. The highest BCUT2D eigenvalue weighted by molar-refractivity contribution is 5.94. The van der Waals surface area contributed by atoms with Crippen molar-refractivity contribution in [1.82, 2.24) is 25.1 Å². The molecule has 33 heavy (non-hydrogen) atoms. The van der Waals surface area contributed by atoms with Crippen LogP contribution in [0, 0.1) is 6.92 Å². The maximum Gasteiger partial charge on any atom is 0.274 e. The van der Waals surface area contributed by atoms with Gasteiger partial charge in [0.05, 0.1) is 0 Å². The molecule has 1 amide bonds. The van der Waals surface area contributed by atoms with Crippen molar-refractivity contribution in [1.29, 1.82) is 0 Å². The van der Waals surface area contributed by atoms with E-state index < -0.39 is 0 Å². The molecule has 4 heterocycles. The highest BCUT2D eigenvalue weighted by Gasteiger charge is 2.30. The average Bonchev–Trinajstić information content (AvgIpc) is 3.20. The molecule has 1 saturated heterocycles. The summed E-state index contributed by atoms with van der Waals surface area (Å²) in [5, 5.41) is 11.0. The zero-order valence-electron chi connectivity index (χ0n) is 19.3. The van der Waals surface area contributed by atoms with E-state index in [1.165, 1.54) is 19.3 Å². The third-order valence-electron chi connectivity index (χ3n) is 6.80. The molecule has 2 N–H and O–H groups in total. The van der Waals surface area contributed by atoms with Crippen LogP contribution < -0.4 is 5.32 Å². The molecule has 1 aliphatic carbocycles. The second-order valence-electron chi connectivity index (χ2n) is 9.30. The van der Waals surface area contributed by atoms with Gasteiger partial charge in [-0.25, -0.2) is 4.98 Å². The van der Waals surface area contributed by atoms with Crippen LogP contribution >= 0.6 is 0 Å². The molecule has 1 fully saturated rings. The van der Waals surface area contributed by atoms with E-state index in [0.29, 0.717) is 12.2 Å². The average molecular weight is 445 g/mol. The Balaban J connectivity index is 1.33. The molecule has 0 aromatic carbocycles. The van der Waals surface area contributed by atoms with Gasteiger partial charge in [-0.15, -0.1) is 0 Å². The number of nitrogens with zero attached hydrogens (tertiary/aromatic N) is 4. The lowest BCUT2D eigenvalue weighted by Gasteiger charge is -2.32. The summed E-state index contributed by atoms with van der Waals surface area (Å²) in [6.45, 7) is 3.47. The molecule has 7 heteroatoms. The van der Waals surface area contributed by atoms with Crippen LogP contribution in [0.4, 0.5) is 11.5 Å². The summed E-state index contributed by atoms with van der Waals surface area (Å²) in [6, 6.07) is 9.95. The van der Waals surface area contributed by atoms with Crippen LogP contribution in [0.25, 0.3) is 0 Å². The highest BCUT2D eigenvalue weighted by Crippen LogP contribution is 2.30. The van der Waals surface area contributed by atoms with E-state index >= 15 is 0 Å². The second kappa shape index (κ2) is 9.73. The molecule has 2 aliphatic rings. The quantitative estimate of drug-likeness (QED) is 0.596. The van der Waals surface area contributed by atoms with E-state index in [2.05, 4.69) is 26.6 Å². The minimum absolute atomic E-state index is 0.0669. The Hall–Kier alpha value is -3.22. The van der Waals surface area contributed by atoms with Crippen LogP contribution in [0.5, 0.6) is 0 Å². The van der Waals surface area contributed by atoms with Crippen molar-refractivity contribution >= 4 is 17.4 Å². The smallest absolute Gasteiger partial charge is 0.274 e. The van der Waals surface area contributed by atoms with Crippen LogP contribution in [-0.2, 0) is 12.8 Å². The number of amides is 1. The largest absolute Gasteiger partial charge is 0.340 e. The molecule has 0 spiro atoms. The number of pyridine rings is 2. The van der Waals surface area contributed by atoms with Crippen molar-refractivity contribution in [3.8, 4) is 0 Å². The minimum atomic E-state index is 0.0669. The lowest BCUT2D eigenvalue weighted by Crippen LogP contribution is -2.40. The standard InChI is InChI=1S/C26H32N6O/c1-18-15-20(29-24-12-6-7-13-27-24)16-23(28-18)19-9-8-14-32(17-19)26(33)25-21-10-4-2-3-5-11-22(21)30-31-25/h6-7,12-13,15-16,19H,2-5,8-11,14,17H2,1H3,(H,30,31)(H,27,28,29)/t19-/m0/s1. The van der Waals surface area contributed by atoms with Crippen molar-refractivity contribution in [3.05, 3.63) is 64.9 Å². The number of aryl methyl sites for hydroxylation is 2. The van der Waals surface area contributed by atoms with Crippen molar-refractivity contribution in [3.63, 3.8) is 0 Å². The SMILES string of the molecule is Cc1cc(Nc2ccccn2)cc([C@H]2CCCN(C(=O)c3n[nH]c4c3CCCCCC4)C2)n1. The van der Waals surface area contributed by atoms with Gasteiger partial charge in [0.25, 0.3) is 5.91 Å². The van der Waals surface area contributed by atoms with Gasteiger partial charge < -0.3 is 10.2 Å². The van der Waals surface area contributed by atoms with Gasteiger partial charge >= 0.3 is 0 Å². The number of hydrogen-bond acceptors (Lipinski definition) is 5. The lowest BCUT2D eigenvalue weighted by atomic mass is 9.92. The number of carbonyl (C=O) groups excluding carboxylic acids is 1. The molecule has 1 atom stereocenters. The molecular formula is C26H32N6O. The van der Waals surface area contributed by atoms with Crippen LogP contribution in [0.2, 0.25) is 0 Å². The molecule has 0 saturated carbocycles. The summed E-state index contributed by atoms with van der Waals surface area (Å²) in [5.41, 5.74) is 5.93. The Bertz CT molecular complexity index is 1110. The van der Waals surface area contributed by atoms with Gasteiger partial charge in [0.15, 0.2) is 5.69 Å². The number of aromatic amines is 1. The lowest BCUT2D eigenvalue weighted by molar-refractivity contribution is 0.0698. The predicted molar refractivity (Wildman–Crippen MR) is 129 cm³/mol. The number of likely N-dealkylation sites (tertiary alicyclic amines) is 1. The first kappa shape index (κ1) is 21.6. The molecule has 172 valence electrons. The highest BCUT2D eigenvalue weighted by atomic mass is 16.2. The summed E-state index contributed by atoms with van der Waals surface area (Å²) >= 11 is 0. The second-order valence-corrected chi connectivity index (χ2v) is 9.30. The van der Waals surface area contributed by atoms with E-state index in [4.69, 9.17) is 4.98 Å². The third kappa shape index (κ3) is 4.92. The number of anilines is 2. The van der Waals surface area contributed by atoms with E-state index in [1.54, 1.807) is 6.20 Å². The molecule has 0 unspecified atom stereocenters. The molecule has 1 aliphatic heterocycles. The van der Waals surface area contributed by atoms with Crippen LogP contribution in [0.1, 0.15) is 77.6 Å². The molecule has 7 nitrogen and oxygen atoms in total. The van der Waals surface area contributed by atoms with Gasteiger partial charge in [-0.05, 0) is 69.7 Å². The fraction of sp³-hybridized carbons (Fsp3) is 0.462. The zero-order valence-corrected chi connectivity index (χ0v) is 19.3. The Morgan fingerprint density at radius 2 is 2.00 bits per heavy atom. The third-order valence-corrected chi connectivity index (χ3v) is 6.80. The first-order chi connectivity index (χ1) is 16.2. The van der Waals surface area contributed by atoms with Gasteiger partial charge in [-0.3, -0.25) is 14.9 Å². The topological polar surface area (TPSA) is 86.8 Å². The maximum atomic E-state index is 13.5. The number of aromatic nitrogens is 4. The number of rotatable bonds is 4. The van der Waals surface area contributed by atoms with E-state index in [1.807, 2.05) is 36.1 Å². The molecule has 0 radical (unpaired) electrons. The Morgan fingerprint density at radius 3 is 2.85 bits per heavy atom. The molecule has 3 aromatic heterocycles. The van der Waals surface area contributed by atoms with Crippen molar-refractivity contribution in [2.24, 2.45) is 0 Å². The summed E-state index contributed by atoms with van der Waals surface area (Å²) in [7, 11) is 0. The number of nitrogens with one attached hydrogen (secondary N) is 2. The molecular weight excluding hydrogens is 412 g/mol. The first-order valence-electron chi connectivity index (χ1n) is 12.2. The van der Waals surface area contributed by atoms with Crippen molar-refractivity contribution in [2.45, 2.75) is 64.2 Å². The summed E-state index contributed by atoms with van der Waals surface area (Å²) in [6.07, 6.45) is 10.5. The minimum Gasteiger partial charge on any atom is -0.340 e. The van der Waals surface area contributed by atoms with Gasteiger partial charge in [-0.1, -0.05) is 18.9 Å². The fourth-order valence-electron chi connectivity index (χ4n) is 5.12. The van der Waals surface area contributed by atoms with Gasteiger partial charge in [0.2, 0.25) is 0 Å². The van der Waals surface area contributed by atoms with E-state index in [9.17, 15) is 4.79 Å². The Labute approximate surface area is 195 Å². The number of carbonyl (C=O) groups is 1. The summed E-state index contributed by atoms with van der Waals surface area (Å²) in [5.74, 6) is 1.09. The normalized spacial score (nSPS) is 18.8. The molecule has 3 aromatic rings. The van der Waals surface area contributed by atoms with E-state index in [0.717, 1.165) is 72.8 Å². The number of fused-ring (bicyclic) bond motifs is 1. The number of H-pyrrole nitrogens is 1. The van der Waals surface area contributed by atoms with Crippen LogP contribution in [0.3, 0.4) is 0 Å². The monoisotopic (exact) mass is 444 g/mol. The van der Waals surface area contributed by atoms with Crippen LogP contribution in [0.15, 0.2) is 36.5 Å². The van der Waals surface area contributed by atoms with Crippen LogP contribution in [-0.4, -0.2) is 44.1 Å². The molecule has 0 bridgehead atoms. The maximum absolute atomic E-state index is 13.5. The van der Waals surface area contributed by atoms with Gasteiger partial charge in [-0.2, -0.15) is 5.10 Å². The fourth-order valence-corrected chi connectivity index (χ4v) is 5.12. The van der Waals surface area contributed by atoms with Gasteiger partial charge in [0.1, 0.15) is 5.82 Å². The van der Waals surface area contributed by atoms with Crippen molar-refractivity contribution in [2.75, 3.05) is 18.4 Å². The van der Waals surface area contributed by atoms with Crippen molar-refractivity contribution < 1.29 is 4.79 Å². The summed E-state index contributed by atoms with van der Waals surface area (Å²) in [4.78, 5) is 24.7. The predicted octanol–water partition coefficient (Wildman–Crippen LogP) is 4.93. The first-order valence-corrected chi connectivity index (χ1v) is 12.2. The Morgan fingerprint density at radius 1 is 1.12 bits per heavy atom. The zero-order chi connectivity index (χ0) is 22.6.